The molecule has 0 unspecified atom stereocenters. The standard InChI is InChI=1S/C41H39N2O2/c1-24-11-9-10-12-29(24)34-18-13-25(23-42(34)8)26-19-32-37-33(20-26)39(45)31-17-15-28(41(5,6)7)22-36(31)43(37)35-21-27(40(2,3)4)14-16-30(35)38(32)44/h9-23H,1-8H3/q+1. The van der Waals surface area contributed by atoms with E-state index >= 15 is 0 Å². The van der Waals surface area contributed by atoms with E-state index in [4.69, 9.17) is 0 Å². The molecule has 4 aromatic carbocycles. The molecule has 0 spiro atoms. The second-order valence-corrected chi connectivity index (χ2v) is 14.6. The number of benzene rings is 4. The van der Waals surface area contributed by atoms with Crippen LogP contribution in [0.5, 0.6) is 0 Å². The smallest absolute Gasteiger partial charge is 0.212 e. The summed E-state index contributed by atoms with van der Waals surface area (Å²) in [5, 5.41) is 2.43. The van der Waals surface area contributed by atoms with E-state index in [1.54, 1.807) is 0 Å². The van der Waals surface area contributed by atoms with Crippen LogP contribution in [0.25, 0.3) is 60.5 Å². The summed E-state index contributed by atoms with van der Waals surface area (Å²) >= 11 is 0. The summed E-state index contributed by atoms with van der Waals surface area (Å²) in [6.45, 7) is 15.2. The summed E-state index contributed by atoms with van der Waals surface area (Å²) in [4.78, 5) is 28.7. The minimum Gasteiger partial charge on any atom is -0.307 e. The van der Waals surface area contributed by atoms with Gasteiger partial charge in [-0.2, -0.15) is 0 Å². The van der Waals surface area contributed by atoms with Crippen LogP contribution in [0.4, 0.5) is 0 Å². The maximum atomic E-state index is 14.3. The largest absolute Gasteiger partial charge is 0.307 e. The number of pyridine rings is 3. The molecule has 4 nitrogen and oxygen atoms in total. The molecule has 0 N–H and O–H groups in total. The number of hydrogen-bond donors (Lipinski definition) is 0. The molecule has 0 aliphatic carbocycles. The highest BCUT2D eigenvalue weighted by atomic mass is 16.1. The van der Waals surface area contributed by atoms with Crippen molar-refractivity contribution in [3.05, 3.63) is 128 Å². The molecule has 0 atom stereocenters. The molecule has 3 aromatic heterocycles. The summed E-state index contributed by atoms with van der Waals surface area (Å²) in [5.41, 5.74) is 9.60. The maximum Gasteiger partial charge on any atom is 0.212 e. The first-order chi connectivity index (χ1) is 21.2. The molecule has 45 heavy (non-hydrogen) atoms. The molecule has 0 aliphatic rings. The average Bonchev–Trinajstić information content (AvgIpc) is 2.99. The Hall–Kier alpha value is -4.83. The zero-order valence-electron chi connectivity index (χ0n) is 27.4. The monoisotopic (exact) mass is 591 g/mol. The van der Waals surface area contributed by atoms with Crippen molar-refractivity contribution in [2.45, 2.75) is 59.3 Å². The van der Waals surface area contributed by atoms with Gasteiger partial charge in [-0.15, -0.1) is 0 Å². The number of fused-ring (bicyclic) bond motifs is 4. The van der Waals surface area contributed by atoms with E-state index in [1.807, 2.05) is 37.4 Å². The third-order valence-electron chi connectivity index (χ3n) is 9.41. The Morgan fingerprint density at radius 2 is 1.13 bits per heavy atom. The second kappa shape index (κ2) is 9.84. The summed E-state index contributed by atoms with van der Waals surface area (Å²) in [6, 6.07) is 28.8. The van der Waals surface area contributed by atoms with Gasteiger partial charge in [-0.1, -0.05) is 71.9 Å². The van der Waals surface area contributed by atoms with Gasteiger partial charge in [-0.25, -0.2) is 4.57 Å². The molecule has 3 heterocycles. The van der Waals surface area contributed by atoms with Crippen LogP contribution < -0.4 is 15.4 Å². The van der Waals surface area contributed by atoms with Crippen LogP contribution in [0.2, 0.25) is 0 Å². The normalized spacial score (nSPS) is 12.6. The Bertz CT molecular complexity index is 2330. The number of aromatic nitrogens is 2. The topological polar surface area (TPSA) is 42.4 Å². The van der Waals surface area contributed by atoms with Gasteiger partial charge in [0.05, 0.1) is 16.6 Å². The van der Waals surface area contributed by atoms with Gasteiger partial charge in [-0.05, 0) is 88.5 Å². The minimum absolute atomic E-state index is 0.0519. The van der Waals surface area contributed by atoms with Crippen molar-refractivity contribution < 1.29 is 4.57 Å². The van der Waals surface area contributed by atoms with Gasteiger partial charge < -0.3 is 4.40 Å². The van der Waals surface area contributed by atoms with Crippen LogP contribution in [-0.4, -0.2) is 4.40 Å². The highest BCUT2D eigenvalue weighted by Gasteiger charge is 2.23. The predicted molar refractivity (Wildman–Crippen MR) is 188 cm³/mol. The Morgan fingerprint density at radius 3 is 1.62 bits per heavy atom. The number of aryl methyl sites for hydroxylation is 2. The Labute approximate surface area is 263 Å². The van der Waals surface area contributed by atoms with Gasteiger partial charge in [-0.3, -0.25) is 9.59 Å². The molecule has 0 aliphatic heterocycles. The lowest BCUT2D eigenvalue weighted by molar-refractivity contribution is -0.659. The SMILES string of the molecule is Cc1ccccc1-c1ccc(-c2cc3c(=O)c4ccc(C(C)(C)C)cc4n4c5cc(C(C)(C)C)ccc5c(=O)c(c2)c34)c[n+]1C. The van der Waals surface area contributed by atoms with Crippen LogP contribution in [-0.2, 0) is 17.9 Å². The van der Waals surface area contributed by atoms with Crippen LogP contribution >= 0.6 is 0 Å². The zero-order valence-corrected chi connectivity index (χ0v) is 27.4. The second-order valence-electron chi connectivity index (χ2n) is 14.6. The molecule has 0 saturated carbocycles. The fourth-order valence-electron chi connectivity index (χ4n) is 6.72. The predicted octanol–water partition coefficient (Wildman–Crippen LogP) is 8.62. The summed E-state index contributed by atoms with van der Waals surface area (Å²) < 4.78 is 4.29. The molecule has 4 heteroatoms. The first-order valence-electron chi connectivity index (χ1n) is 15.7. The molecule has 0 saturated heterocycles. The van der Waals surface area contributed by atoms with E-state index in [1.165, 1.54) is 11.1 Å². The third kappa shape index (κ3) is 4.54. The van der Waals surface area contributed by atoms with E-state index in [-0.39, 0.29) is 21.7 Å². The van der Waals surface area contributed by atoms with Crippen molar-refractivity contribution in [1.82, 2.24) is 4.40 Å². The Balaban J connectivity index is 1.61. The van der Waals surface area contributed by atoms with E-state index in [0.717, 1.165) is 39.0 Å². The minimum atomic E-state index is -0.104. The number of hydrogen-bond acceptors (Lipinski definition) is 2. The van der Waals surface area contributed by atoms with Gasteiger partial charge in [0.1, 0.15) is 7.05 Å². The van der Waals surface area contributed by atoms with Gasteiger partial charge in [0.25, 0.3) is 0 Å². The lowest BCUT2D eigenvalue weighted by Gasteiger charge is -2.23. The van der Waals surface area contributed by atoms with Crippen LogP contribution in [0.15, 0.2) is 101 Å². The van der Waals surface area contributed by atoms with Crippen LogP contribution in [0.3, 0.4) is 0 Å². The van der Waals surface area contributed by atoms with Gasteiger partial charge in [0.15, 0.2) is 17.1 Å². The molecule has 0 bridgehead atoms. The molecular weight excluding hydrogens is 552 g/mol. The molecule has 0 radical (unpaired) electrons. The van der Waals surface area contributed by atoms with Crippen molar-refractivity contribution in [2.75, 3.05) is 0 Å². The number of rotatable bonds is 2. The molecule has 7 aromatic rings. The summed E-state index contributed by atoms with van der Waals surface area (Å²) in [6.07, 6.45) is 2.09. The highest BCUT2D eigenvalue weighted by Crippen LogP contribution is 2.35. The molecule has 7 rings (SSSR count). The van der Waals surface area contributed by atoms with E-state index in [0.29, 0.717) is 27.1 Å². The van der Waals surface area contributed by atoms with Crippen molar-refractivity contribution >= 4 is 38.1 Å². The van der Waals surface area contributed by atoms with E-state index < -0.39 is 0 Å². The van der Waals surface area contributed by atoms with Crippen molar-refractivity contribution in [2.24, 2.45) is 7.05 Å². The quantitative estimate of drug-likeness (QED) is 0.115. The van der Waals surface area contributed by atoms with Gasteiger partial charge in [0.2, 0.25) is 5.69 Å². The fourth-order valence-corrected chi connectivity index (χ4v) is 6.72. The van der Waals surface area contributed by atoms with Crippen molar-refractivity contribution in [3.63, 3.8) is 0 Å². The molecule has 0 fully saturated rings. The summed E-state index contributed by atoms with van der Waals surface area (Å²) in [7, 11) is 2.04. The molecule has 0 amide bonds. The Morgan fingerprint density at radius 1 is 0.600 bits per heavy atom. The zero-order chi connectivity index (χ0) is 32.0. The van der Waals surface area contributed by atoms with Crippen molar-refractivity contribution in [3.8, 4) is 22.4 Å². The lowest BCUT2D eigenvalue weighted by Crippen LogP contribution is -2.30. The fraction of sp³-hybridized carbons (Fsp3) is 0.244. The first kappa shape index (κ1) is 28.9. The van der Waals surface area contributed by atoms with Crippen LogP contribution in [0.1, 0.15) is 58.2 Å². The molecular formula is C41H39N2O2+. The Kier molecular flexibility index (Phi) is 6.32. The van der Waals surface area contributed by atoms with Crippen molar-refractivity contribution in [1.29, 1.82) is 0 Å². The van der Waals surface area contributed by atoms with E-state index in [2.05, 4.69) is 118 Å². The molecule has 224 valence electrons. The number of nitrogens with zero attached hydrogens (tertiary/aromatic N) is 2. The first-order valence-corrected chi connectivity index (χ1v) is 15.7. The van der Waals surface area contributed by atoms with E-state index in [9.17, 15) is 9.59 Å². The highest BCUT2D eigenvalue weighted by molar-refractivity contribution is 6.09. The van der Waals surface area contributed by atoms with Crippen LogP contribution in [0, 0.1) is 6.92 Å². The maximum absolute atomic E-state index is 14.3. The third-order valence-corrected chi connectivity index (χ3v) is 9.41. The van der Waals surface area contributed by atoms with Gasteiger partial charge >= 0.3 is 0 Å². The average molecular weight is 592 g/mol. The lowest BCUT2D eigenvalue weighted by atomic mass is 9.85. The van der Waals surface area contributed by atoms with Gasteiger partial charge in [0, 0.05) is 38.7 Å². The summed E-state index contributed by atoms with van der Waals surface area (Å²) in [5.74, 6) is 0.